The second kappa shape index (κ2) is 3.61. The number of aliphatic hydroxyl groups is 1. The molecule has 1 saturated carbocycles. The Bertz CT molecular complexity index is 199. The van der Waals surface area contributed by atoms with Crippen molar-refractivity contribution in [2.45, 2.75) is 12.2 Å². The molecule has 0 radical (unpaired) electrons. The maximum Gasteiger partial charge on any atom is 0.307 e. The Morgan fingerprint density at radius 3 is 2.38 bits per heavy atom. The molecule has 5 nitrogen and oxygen atoms in total. The first-order valence-corrected chi connectivity index (χ1v) is 4.05. The number of hydrogen-bond acceptors (Lipinski definition) is 4. The van der Waals surface area contributed by atoms with Gasteiger partial charge in [-0.25, -0.2) is 0 Å². The molecule has 2 N–H and O–H groups in total. The summed E-state index contributed by atoms with van der Waals surface area (Å²) >= 11 is 0. The van der Waals surface area contributed by atoms with Gasteiger partial charge in [-0.15, -0.1) is 0 Å². The van der Waals surface area contributed by atoms with Crippen LogP contribution in [0.3, 0.4) is 0 Å². The van der Waals surface area contributed by atoms with E-state index in [4.69, 9.17) is 19.7 Å². The van der Waals surface area contributed by atoms with Crippen LogP contribution in [0.25, 0.3) is 0 Å². The first kappa shape index (κ1) is 10.4. The van der Waals surface area contributed by atoms with E-state index in [1.807, 2.05) is 0 Å². The number of carbonyl (C=O) groups is 1. The van der Waals surface area contributed by atoms with Gasteiger partial charge in [0.2, 0.25) is 0 Å². The molecule has 76 valence electrons. The van der Waals surface area contributed by atoms with Gasteiger partial charge in [-0.2, -0.15) is 0 Å². The van der Waals surface area contributed by atoms with Crippen LogP contribution < -0.4 is 0 Å². The highest BCUT2D eigenvalue weighted by Crippen LogP contribution is 2.46. The molecular formula is C8H14O5. The predicted molar refractivity (Wildman–Crippen MR) is 43.1 cm³/mol. The molecule has 0 aliphatic heterocycles. The predicted octanol–water partition coefficient (Wildman–Crippen LogP) is -0.312. The smallest absolute Gasteiger partial charge is 0.307 e. The second-order valence-electron chi connectivity index (χ2n) is 3.16. The number of aliphatic carboxylic acids is 1. The molecule has 0 unspecified atom stereocenters. The Morgan fingerprint density at radius 2 is 2.08 bits per heavy atom. The molecule has 1 aliphatic rings. The molecule has 5 heteroatoms. The zero-order valence-electron chi connectivity index (χ0n) is 7.69. The van der Waals surface area contributed by atoms with Crippen LogP contribution in [-0.4, -0.2) is 42.8 Å². The normalized spacial score (nSPS) is 31.0. The standard InChI is InChI=1S/C8H14O5/c1-12-8(13-2)3-5(7(10)11)6(8)4-9/h5-6,9H,3-4H2,1-2H3,(H,10,11)/t5-,6+/m0/s1. The minimum atomic E-state index is -0.913. The lowest BCUT2D eigenvalue weighted by molar-refractivity contribution is -0.313. The summed E-state index contributed by atoms with van der Waals surface area (Å²) in [6.07, 6.45) is 0.292. The van der Waals surface area contributed by atoms with Crippen molar-refractivity contribution in [3.63, 3.8) is 0 Å². The topological polar surface area (TPSA) is 76.0 Å². The second-order valence-corrected chi connectivity index (χ2v) is 3.16. The van der Waals surface area contributed by atoms with E-state index in [9.17, 15) is 4.79 Å². The number of aliphatic hydroxyl groups excluding tert-OH is 1. The Hall–Kier alpha value is -0.650. The molecule has 0 amide bonds. The van der Waals surface area contributed by atoms with Crippen LogP contribution in [0.2, 0.25) is 0 Å². The summed E-state index contributed by atoms with van der Waals surface area (Å²) in [5.74, 6) is -2.86. The van der Waals surface area contributed by atoms with Crippen molar-refractivity contribution in [3.8, 4) is 0 Å². The number of methoxy groups -OCH3 is 2. The summed E-state index contributed by atoms with van der Waals surface area (Å²) < 4.78 is 10.1. The molecule has 0 bridgehead atoms. The molecule has 0 aromatic rings. The minimum absolute atomic E-state index is 0.237. The van der Waals surface area contributed by atoms with Crippen molar-refractivity contribution >= 4 is 5.97 Å². The third kappa shape index (κ3) is 1.43. The first-order chi connectivity index (χ1) is 6.11. The van der Waals surface area contributed by atoms with Gasteiger partial charge in [-0.1, -0.05) is 0 Å². The van der Waals surface area contributed by atoms with E-state index in [-0.39, 0.29) is 6.61 Å². The molecule has 0 aromatic heterocycles. The fraction of sp³-hybridized carbons (Fsp3) is 0.875. The van der Waals surface area contributed by atoms with Crippen molar-refractivity contribution in [2.75, 3.05) is 20.8 Å². The van der Waals surface area contributed by atoms with Crippen LogP contribution in [0.5, 0.6) is 0 Å². The quantitative estimate of drug-likeness (QED) is 0.594. The van der Waals surface area contributed by atoms with E-state index in [1.54, 1.807) is 0 Å². The number of rotatable bonds is 4. The first-order valence-electron chi connectivity index (χ1n) is 4.05. The van der Waals surface area contributed by atoms with Gasteiger partial charge in [-0.3, -0.25) is 4.79 Å². The average Bonchev–Trinajstić information content (AvgIpc) is 2.05. The van der Waals surface area contributed by atoms with E-state index in [2.05, 4.69) is 0 Å². The van der Waals surface area contributed by atoms with Crippen LogP contribution in [0.15, 0.2) is 0 Å². The third-order valence-corrected chi connectivity index (χ3v) is 2.76. The molecular weight excluding hydrogens is 176 g/mol. The lowest BCUT2D eigenvalue weighted by Gasteiger charge is -2.50. The van der Waals surface area contributed by atoms with Gasteiger partial charge >= 0.3 is 5.97 Å². The van der Waals surface area contributed by atoms with Crippen molar-refractivity contribution in [1.82, 2.24) is 0 Å². The van der Waals surface area contributed by atoms with Crippen LogP contribution in [0.1, 0.15) is 6.42 Å². The number of ether oxygens (including phenoxy) is 2. The van der Waals surface area contributed by atoms with Gasteiger partial charge in [-0.05, 0) is 0 Å². The molecule has 1 aliphatic carbocycles. The summed E-state index contributed by atoms with van der Waals surface area (Å²) in [6.45, 7) is -0.237. The van der Waals surface area contributed by atoms with E-state index in [0.29, 0.717) is 6.42 Å². The summed E-state index contributed by atoms with van der Waals surface area (Å²) in [4.78, 5) is 10.6. The molecule has 1 rings (SSSR count). The van der Waals surface area contributed by atoms with E-state index in [0.717, 1.165) is 0 Å². The molecule has 0 aromatic carbocycles. The minimum Gasteiger partial charge on any atom is -0.481 e. The highest BCUT2D eigenvalue weighted by Gasteiger charge is 2.58. The third-order valence-electron chi connectivity index (χ3n) is 2.76. The number of carboxylic acids is 1. The Morgan fingerprint density at radius 1 is 1.54 bits per heavy atom. The molecule has 0 spiro atoms. The van der Waals surface area contributed by atoms with E-state index < -0.39 is 23.6 Å². The van der Waals surface area contributed by atoms with Crippen molar-refractivity contribution in [3.05, 3.63) is 0 Å². The Labute approximate surface area is 76.3 Å². The zero-order valence-corrected chi connectivity index (χ0v) is 7.69. The van der Waals surface area contributed by atoms with Gasteiger partial charge in [0.25, 0.3) is 0 Å². The average molecular weight is 190 g/mol. The molecule has 0 heterocycles. The summed E-state index contributed by atoms with van der Waals surface area (Å²) in [5, 5.41) is 17.7. The largest absolute Gasteiger partial charge is 0.481 e. The fourth-order valence-corrected chi connectivity index (χ4v) is 1.82. The SMILES string of the molecule is COC1(OC)C[C@H](C(=O)O)[C@H]1CO. The van der Waals surface area contributed by atoms with Gasteiger partial charge in [0.15, 0.2) is 5.79 Å². The highest BCUT2D eigenvalue weighted by atomic mass is 16.7. The van der Waals surface area contributed by atoms with Crippen LogP contribution in [0.4, 0.5) is 0 Å². The number of carboxylic acid groups (broad SMARTS) is 1. The highest BCUT2D eigenvalue weighted by molar-refractivity contribution is 5.72. The maximum absolute atomic E-state index is 10.6. The summed E-state index contributed by atoms with van der Waals surface area (Å²) in [6, 6.07) is 0. The van der Waals surface area contributed by atoms with Gasteiger partial charge in [0.05, 0.1) is 12.5 Å². The molecule has 2 atom stereocenters. The summed E-state index contributed by atoms with van der Waals surface area (Å²) in [7, 11) is 2.90. The lowest BCUT2D eigenvalue weighted by atomic mass is 9.68. The number of hydrogen-bond donors (Lipinski definition) is 2. The van der Waals surface area contributed by atoms with Crippen LogP contribution >= 0.6 is 0 Å². The van der Waals surface area contributed by atoms with Gasteiger partial charge < -0.3 is 19.7 Å². The van der Waals surface area contributed by atoms with Crippen LogP contribution in [0, 0.1) is 11.8 Å². The van der Waals surface area contributed by atoms with Crippen molar-refractivity contribution in [2.24, 2.45) is 11.8 Å². The zero-order chi connectivity index (χ0) is 10.1. The molecule has 13 heavy (non-hydrogen) atoms. The van der Waals surface area contributed by atoms with Crippen molar-refractivity contribution in [1.29, 1.82) is 0 Å². The summed E-state index contributed by atoms with van der Waals surface area (Å²) in [5.41, 5.74) is 0. The monoisotopic (exact) mass is 190 g/mol. The van der Waals surface area contributed by atoms with Gasteiger partial charge in [0, 0.05) is 26.6 Å². The van der Waals surface area contributed by atoms with Gasteiger partial charge in [0.1, 0.15) is 0 Å². The Balaban J connectivity index is 2.70. The fourth-order valence-electron chi connectivity index (χ4n) is 1.82. The van der Waals surface area contributed by atoms with E-state index in [1.165, 1.54) is 14.2 Å². The maximum atomic E-state index is 10.6. The Kier molecular flexibility index (Phi) is 2.90. The molecule has 0 saturated heterocycles. The van der Waals surface area contributed by atoms with Crippen LogP contribution in [-0.2, 0) is 14.3 Å². The van der Waals surface area contributed by atoms with Crippen molar-refractivity contribution < 1.29 is 24.5 Å². The molecule has 1 fully saturated rings. The van der Waals surface area contributed by atoms with E-state index >= 15 is 0 Å². The lowest BCUT2D eigenvalue weighted by Crippen LogP contribution is -2.60.